The standard InChI is InChI=1S/C24H23N3O3/c1-15-3-5-18(13-25-15)27-19-6-8-21(26-14-19)17-4-7-20-16(11-17)9-10-24(2,23(20)30)12-22(28)29/h3-8,11,13-14,27H,9-10,12H2,1-2H3,(H,28,29). The molecule has 1 aliphatic carbocycles. The average molecular weight is 401 g/mol. The number of nitrogens with one attached hydrogen (secondary N) is 1. The summed E-state index contributed by atoms with van der Waals surface area (Å²) in [5, 5.41) is 12.4. The molecule has 152 valence electrons. The normalized spacial score (nSPS) is 18.0. The number of pyridine rings is 2. The molecule has 6 nitrogen and oxygen atoms in total. The van der Waals surface area contributed by atoms with Crippen molar-refractivity contribution >= 4 is 23.1 Å². The number of ketones is 1. The SMILES string of the molecule is Cc1ccc(Nc2ccc(-c3ccc4c(c3)CCC(C)(CC(=O)O)C4=O)nc2)cn1. The molecule has 2 N–H and O–H groups in total. The quantitative estimate of drug-likeness (QED) is 0.638. The molecule has 0 amide bonds. The van der Waals surface area contributed by atoms with Crippen LogP contribution in [0.4, 0.5) is 11.4 Å². The summed E-state index contributed by atoms with van der Waals surface area (Å²) < 4.78 is 0. The van der Waals surface area contributed by atoms with Gasteiger partial charge in [-0.1, -0.05) is 19.1 Å². The smallest absolute Gasteiger partial charge is 0.304 e. The highest BCUT2D eigenvalue weighted by Gasteiger charge is 2.40. The van der Waals surface area contributed by atoms with Crippen molar-refractivity contribution in [3.63, 3.8) is 0 Å². The van der Waals surface area contributed by atoms with E-state index in [0.29, 0.717) is 18.4 Å². The van der Waals surface area contributed by atoms with Gasteiger partial charge >= 0.3 is 5.97 Å². The summed E-state index contributed by atoms with van der Waals surface area (Å²) in [5.74, 6) is -1.03. The molecule has 3 aromatic rings. The topological polar surface area (TPSA) is 92.2 Å². The van der Waals surface area contributed by atoms with Crippen molar-refractivity contribution in [1.82, 2.24) is 9.97 Å². The number of fused-ring (bicyclic) bond motifs is 1. The van der Waals surface area contributed by atoms with Gasteiger partial charge in [0.1, 0.15) is 0 Å². The number of hydrogen-bond acceptors (Lipinski definition) is 5. The fraction of sp³-hybridized carbons (Fsp3) is 0.250. The van der Waals surface area contributed by atoms with Crippen LogP contribution in [0.5, 0.6) is 0 Å². The van der Waals surface area contributed by atoms with E-state index in [4.69, 9.17) is 5.11 Å². The van der Waals surface area contributed by atoms with Crippen LogP contribution >= 0.6 is 0 Å². The average Bonchev–Trinajstić information content (AvgIpc) is 2.73. The Bertz CT molecular complexity index is 1110. The van der Waals surface area contributed by atoms with Crippen LogP contribution in [0.1, 0.15) is 41.4 Å². The minimum atomic E-state index is -0.940. The number of anilines is 2. The maximum atomic E-state index is 12.9. The number of carboxylic acid groups (broad SMARTS) is 1. The maximum absolute atomic E-state index is 12.9. The van der Waals surface area contributed by atoms with Crippen molar-refractivity contribution in [3.05, 3.63) is 71.7 Å². The minimum Gasteiger partial charge on any atom is -0.481 e. The molecule has 30 heavy (non-hydrogen) atoms. The molecule has 0 fully saturated rings. The molecule has 2 heterocycles. The molecule has 1 aromatic carbocycles. The predicted octanol–water partition coefficient (Wildman–Crippen LogP) is 4.81. The number of rotatable bonds is 5. The van der Waals surface area contributed by atoms with Gasteiger partial charge in [-0.2, -0.15) is 0 Å². The number of carbonyl (C=O) groups is 2. The van der Waals surface area contributed by atoms with Crippen LogP contribution in [0.15, 0.2) is 54.9 Å². The van der Waals surface area contributed by atoms with E-state index in [2.05, 4.69) is 15.3 Å². The van der Waals surface area contributed by atoms with Crippen molar-refractivity contribution in [2.45, 2.75) is 33.1 Å². The number of aromatic nitrogens is 2. The summed E-state index contributed by atoms with van der Waals surface area (Å²) >= 11 is 0. The van der Waals surface area contributed by atoms with Gasteiger partial charge in [-0.15, -0.1) is 0 Å². The second-order valence-corrected chi connectivity index (χ2v) is 8.08. The zero-order valence-corrected chi connectivity index (χ0v) is 17.0. The van der Waals surface area contributed by atoms with Crippen LogP contribution in [0.2, 0.25) is 0 Å². The third-order valence-corrected chi connectivity index (χ3v) is 5.64. The maximum Gasteiger partial charge on any atom is 0.304 e. The second kappa shape index (κ2) is 7.71. The van der Waals surface area contributed by atoms with Gasteiger partial charge < -0.3 is 10.4 Å². The number of aliphatic carboxylic acids is 1. The first-order chi connectivity index (χ1) is 14.3. The minimum absolute atomic E-state index is 0.0862. The lowest BCUT2D eigenvalue weighted by Crippen LogP contribution is -2.35. The van der Waals surface area contributed by atoms with Gasteiger partial charge in [-0.25, -0.2) is 0 Å². The van der Waals surface area contributed by atoms with E-state index < -0.39 is 11.4 Å². The Morgan fingerprint density at radius 2 is 1.83 bits per heavy atom. The first-order valence-electron chi connectivity index (χ1n) is 9.90. The van der Waals surface area contributed by atoms with E-state index in [1.165, 1.54) is 0 Å². The molecule has 1 unspecified atom stereocenters. The van der Waals surface area contributed by atoms with Crippen LogP contribution in [-0.4, -0.2) is 26.8 Å². The lowest BCUT2D eigenvalue weighted by atomic mass is 9.69. The first kappa shape index (κ1) is 19.8. The van der Waals surface area contributed by atoms with E-state index in [1.54, 1.807) is 25.4 Å². The Balaban J connectivity index is 1.54. The lowest BCUT2D eigenvalue weighted by molar-refractivity contribution is -0.139. The van der Waals surface area contributed by atoms with Gasteiger partial charge in [0.25, 0.3) is 0 Å². The third-order valence-electron chi connectivity index (χ3n) is 5.64. The predicted molar refractivity (Wildman–Crippen MR) is 115 cm³/mol. The van der Waals surface area contributed by atoms with Crippen molar-refractivity contribution in [2.75, 3.05) is 5.32 Å². The van der Waals surface area contributed by atoms with Crippen LogP contribution in [0.3, 0.4) is 0 Å². The second-order valence-electron chi connectivity index (χ2n) is 8.08. The molecule has 0 saturated carbocycles. The Morgan fingerprint density at radius 1 is 1.10 bits per heavy atom. The largest absolute Gasteiger partial charge is 0.481 e. The van der Waals surface area contributed by atoms with Gasteiger partial charge in [0.05, 0.1) is 35.9 Å². The number of carbonyl (C=O) groups excluding carboxylic acids is 1. The first-order valence-corrected chi connectivity index (χ1v) is 9.90. The van der Waals surface area contributed by atoms with Crippen molar-refractivity contribution in [1.29, 1.82) is 0 Å². The van der Waals surface area contributed by atoms with E-state index in [1.807, 2.05) is 43.3 Å². The van der Waals surface area contributed by atoms with E-state index in [9.17, 15) is 9.59 Å². The Labute approximate surface area is 175 Å². The summed E-state index contributed by atoms with van der Waals surface area (Å²) in [6.07, 6.45) is 4.62. The Morgan fingerprint density at radius 3 is 2.47 bits per heavy atom. The molecule has 0 spiro atoms. The van der Waals surface area contributed by atoms with Gasteiger partial charge in [0.2, 0.25) is 0 Å². The Hall–Kier alpha value is -3.54. The molecule has 0 bridgehead atoms. The molecule has 2 aromatic heterocycles. The van der Waals surface area contributed by atoms with Crippen molar-refractivity contribution < 1.29 is 14.7 Å². The van der Waals surface area contributed by atoms with Crippen LogP contribution < -0.4 is 5.32 Å². The van der Waals surface area contributed by atoms with E-state index in [0.717, 1.165) is 33.9 Å². The molecule has 0 saturated heterocycles. The highest BCUT2D eigenvalue weighted by atomic mass is 16.4. The summed E-state index contributed by atoms with van der Waals surface area (Å²) in [7, 11) is 0. The fourth-order valence-corrected chi connectivity index (χ4v) is 3.88. The number of carboxylic acids is 1. The molecule has 0 radical (unpaired) electrons. The lowest BCUT2D eigenvalue weighted by Gasteiger charge is -2.32. The summed E-state index contributed by atoms with van der Waals surface area (Å²) in [6, 6.07) is 13.5. The summed E-state index contributed by atoms with van der Waals surface area (Å²) in [6.45, 7) is 3.69. The molecule has 1 aliphatic rings. The summed E-state index contributed by atoms with van der Waals surface area (Å²) in [5.41, 5.74) is 5.21. The number of benzene rings is 1. The molecule has 0 aliphatic heterocycles. The highest BCUT2D eigenvalue weighted by Crippen LogP contribution is 2.39. The number of Topliss-reactive ketones (excluding diaryl/α,β-unsaturated/α-hetero) is 1. The van der Waals surface area contributed by atoms with Gasteiger partial charge in [0.15, 0.2) is 5.78 Å². The zero-order valence-electron chi connectivity index (χ0n) is 17.0. The Kier molecular flexibility index (Phi) is 5.08. The van der Waals surface area contributed by atoms with Gasteiger partial charge in [-0.3, -0.25) is 19.6 Å². The molecule has 1 atom stereocenters. The van der Waals surface area contributed by atoms with Crippen LogP contribution in [-0.2, 0) is 11.2 Å². The molecule has 6 heteroatoms. The van der Waals surface area contributed by atoms with Crippen LogP contribution in [0, 0.1) is 12.3 Å². The zero-order chi connectivity index (χ0) is 21.3. The monoisotopic (exact) mass is 401 g/mol. The number of hydrogen-bond donors (Lipinski definition) is 2. The fourth-order valence-electron chi connectivity index (χ4n) is 3.88. The van der Waals surface area contributed by atoms with Crippen molar-refractivity contribution in [2.24, 2.45) is 5.41 Å². The summed E-state index contributed by atoms with van der Waals surface area (Å²) in [4.78, 5) is 32.9. The molecular weight excluding hydrogens is 378 g/mol. The van der Waals surface area contributed by atoms with E-state index in [-0.39, 0.29) is 12.2 Å². The number of aryl methyl sites for hydroxylation is 2. The molecular formula is C24H23N3O3. The van der Waals surface area contributed by atoms with E-state index >= 15 is 0 Å². The molecule has 4 rings (SSSR count). The van der Waals surface area contributed by atoms with Gasteiger partial charge in [-0.05, 0) is 55.7 Å². The highest BCUT2D eigenvalue weighted by molar-refractivity contribution is 6.04. The van der Waals surface area contributed by atoms with Gasteiger partial charge in [0, 0.05) is 22.2 Å². The third kappa shape index (κ3) is 3.94. The number of nitrogens with zero attached hydrogens (tertiary/aromatic N) is 2. The van der Waals surface area contributed by atoms with Crippen LogP contribution in [0.25, 0.3) is 11.3 Å². The van der Waals surface area contributed by atoms with Crippen molar-refractivity contribution in [3.8, 4) is 11.3 Å².